The van der Waals surface area contributed by atoms with Gasteiger partial charge in [0.2, 0.25) is 0 Å². The predicted molar refractivity (Wildman–Crippen MR) is 45.1 cm³/mol. The van der Waals surface area contributed by atoms with Crippen molar-refractivity contribution in [1.29, 1.82) is 0 Å². The largest absolute Gasteiger partial charge is 0.230 e. The van der Waals surface area contributed by atoms with Gasteiger partial charge in [-0.25, -0.2) is 4.52 Å². The molecule has 2 aromatic heterocycles. The Kier molecular flexibility index (Phi) is 0.973. The number of hydrogen-bond acceptors (Lipinski definition) is 2. The average molecular weight is 164 g/mol. The van der Waals surface area contributed by atoms with Gasteiger partial charge in [-0.15, -0.1) is 11.3 Å². The van der Waals surface area contributed by atoms with Crippen molar-refractivity contribution >= 4 is 16.2 Å². The van der Waals surface area contributed by atoms with Crippen LogP contribution in [0.3, 0.4) is 0 Å². The molecular formula is C8H8N2S. The Morgan fingerprint density at radius 1 is 1.45 bits per heavy atom. The van der Waals surface area contributed by atoms with E-state index in [1.807, 2.05) is 10.7 Å². The fourth-order valence-corrected chi connectivity index (χ4v) is 2.64. The molecule has 0 bridgehead atoms. The van der Waals surface area contributed by atoms with Crippen LogP contribution in [0.1, 0.15) is 17.7 Å². The molecule has 0 radical (unpaired) electrons. The van der Waals surface area contributed by atoms with E-state index >= 15 is 0 Å². The summed E-state index contributed by atoms with van der Waals surface area (Å²) in [5, 5.41) is 6.58. The molecule has 3 rings (SSSR count). The Hall–Kier alpha value is -0.830. The number of aryl methyl sites for hydroxylation is 2. The number of aromatic nitrogens is 2. The highest BCUT2D eigenvalue weighted by molar-refractivity contribution is 7.15. The summed E-state index contributed by atoms with van der Waals surface area (Å²) in [4.78, 5) is 1.36. The van der Waals surface area contributed by atoms with Crippen LogP contribution in [0.25, 0.3) is 4.83 Å². The molecule has 0 fully saturated rings. The lowest BCUT2D eigenvalue weighted by Gasteiger charge is -1.83. The van der Waals surface area contributed by atoms with E-state index in [9.17, 15) is 0 Å². The van der Waals surface area contributed by atoms with Gasteiger partial charge in [-0.1, -0.05) is 0 Å². The van der Waals surface area contributed by atoms with E-state index in [1.165, 1.54) is 35.4 Å². The van der Waals surface area contributed by atoms with Gasteiger partial charge in [-0.3, -0.25) is 0 Å². The number of nitrogens with zero attached hydrogens (tertiary/aromatic N) is 2. The van der Waals surface area contributed by atoms with Gasteiger partial charge in [0.05, 0.1) is 5.69 Å². The Bertz CT molecular complexity index is 399. The van der Waals surface area contributed by atoms with Crippen molar-refractivity contribution in [2.45, 2.75) is 19.3 Å². The van der Waals surface area contributed by atoms with E-state index in [4.69, 9.17) is 0 Å². The van der Waals surface area contributed by atoms with Crippen LogP contribution < -0.4 is 0 Å². The topological polar surface area (TPSA) is 17.3 Å². The molecule has 0 N–H and O–H groups in total. The molecule has 1 aliphatic rings. The highest BCUT2D eigenvalue weighted by atomic mass is 32.1. The minimum Gasteiger partial charge on any atom is -0.230 e. The van der Waals surface area contributed by atoms with Crippen molar-refractivity contribution in [3.05, 3.63) is 22.8 Å². The molecule has 11 heavy (non-hydrogen) atoms. The first kappa shape index (κ1) is 5.77. The predicted octanol–water partition coefficient (Wildman–Crippen LogP) is 1.88. The van der Waals surface area contributed by atoms with Crippen molar-refractivity contribution < 1.29 is 0 Å². The Morgan fingerprint density at radius 2 is 2.45 bits per heavy atom. The molecule has 0 aliphatic heterocycles. The summed E-state index contributed by atoms with van der Waals surface area (Å²) < 4.78 is 2.01. The lowest BCUT2D eigenvalue weighted by molar-refractivity contribution is 0.846. The first-order valence-corrected chi connectivity index (χ1v) is 4.77. The van der Waals surface area contributed by atoms with Gasteiger partial charge < -0.3 is 0 Å². The molecule has 0 atom stereocenters. The van der Waals surface area contributed by atoms with Gasteiger partial charge in [0.25, 0.3) is 0 Å². The molecule has 0 unspecified atom stereocenters. The summed E-state index contributed by atoms with van der Waals surface area (Å²) in [6, 6.07) is 0. The summed E-state index contributed by atoms with van der Waals surface area (Å²) in [6.07, 6.45) is 5.76. The maximum atomic E-state index is 4.48. The molecule has 0 amide bonds. The fourth-order valence-electron chi connectivity index (χ4n) is 1.76. The van der Waals surface area contributed by atoms with Gasteiger partial charge >= 0.3 is 0 Å². The summed E-state index contributed by atoms with van der Waals surface area (Å²) >= 11 is 1.80. The SMILES string of the molecule is c1cn2nc3c(c2s1)CCC3. The third-order valence-electron chi connectivity index (χ3n) is 2.27. The van der Waals surface area contributed by atoms with Gasteiger partial charge in [-0.2, -0.15) is 5.10 Å². The standard InChI is InChI=1S/C8H8N2S/c1-2-6-7(3-1)9-10-4-5-11-8(6)10/h4-5H,1-3H2. The second kappa shape index (κ2) is 1.85. The van der Waals surface area contributed by atoms with Gasteiger partial charge in [0.15, 0.2) is 0 Å². The zero-order valence-electron chi connectivity index (χ0n) is 6.08. The number of thiazole rings is 1. The van der Waals surface area contributed by atoms with E-state index < -0.39 is 0 Å². The number of hydrogen-bond donors (Lipinski definition) is 0. The van der Waals surface area contributed by atoms with Gasteiger partial charge in [0.1, 0.15) is 4.83 Å². The van der Waals surface area contributed by atoms with Crippen LogP contribution in [0.2, 0.25) is 0 Å². The van der Waals surface area contributed by atoms with Crippen LogP contribution in [0.5, 0.6) is 0 Å². The highest BCUT2D eigenvalue weighted by Gasteiger charge is 2.18. The smallest absolute Gasteiger partial charge is 0.122 e. The molecule has 3 heteroatoms. The number of fused-ring (bicyclic) bond motifs is 3. The molecule has 0 spiro atoms. The number of rotatable bonds is 0. The monoisotopic (exact) mass is 164 g/mol. The van der Waals surface area contributed by atoms with E-state index in [-0.39, 0.29) is 0 Å². The fraction of sp³-hybridized carbons (Fsp3) is 0.375. The minimum atomic E-state index is 1.18. The van der Waals surface area contributed by atoms with Crippen molar-refractivity contribution in [2.24, 2.45) is 0 Å². The zero-order valence-corrected chi connectivity index (χ0v) is 6.90. The third kappa shape index (κ3) is 0.639. The van der Waals surface area contributed by atoms with E-state index in [1.54, 1.807) is 11.3 Å². The van der Waals surface area contributed by atoms with E-state index in [0.29, 0.717) is 0 Å². The molecule has 56 valence electrons. The van der Waals surface area contributed by atoms with Crippen molar-refractivity contribution in [3.63, 3.8) is 0 Å². The average Bonchev–Trinajstić information content (AvgIpc) is 2.52. The lowest BCUT2D eigenvalue weighted by atomic mass is 10.3. The van der Waals surface area contributed by atoms with Gasteiger partial charge in [0, 0.05) is 17.1 Å². The first-order chi connectivity index (χ1) is 5.45. The molecule has 2 nitrogen and oxygen atoms in total. The van der Waals surface area contributed by atoms with Crippen molar-refractivity contribution in [1.82, 2.24) is 9.61 Å². The Morgan fingerprint density at radius 3 is 3.45 bits per heavy atom. The van der Waals surface area contributed by atoms with Crippen molar-refractivity contribution in [2.75, 3.05) is 0 Å². The van der Waals surface area contributed by atoms with Crippen LogP contribution in [0, 0.1) is 0 Å². The normalized spacial score (nSPS) is 16.0. The van der Waals surface area contributed by atoms with Crippen LogP contribution in [0.4, 0.5) is 0 Å². The van der Waals surface area contributed by atoms with Crippen molar-refractivity contribution in [3.8, 4) is 0 Å². The highest BCUT2D eigenvalue weighted by Crippen LogP contribution is 2.27. The Balaban J connectivity index is 2.46. The molecule has 2 aromatic rings. The van der Waals surface area contributed by atoms with Gasteiger partial charge in [-0.05, 0) is 19.3 Å². The molecule has 0 saturated carbocycles. The summed E-state index contributed by atoms with van der Waals surface area (Å²) in [5.74, 6) is 0. The quantitative estimate of drug-likeness (QED) is 0.581. The van der Waals surface area contributed by atoms with E-state index in [0.717, 1.165) is 0 Å². The van der Waals surface area contributed by atoms with Crippen LogP contribution in [0.15, 0.2) is 11.6 Å². The third-order valence-corrected chi connectivity index (χ3v) is 3.18. The maximum absolute atomic E-state index is 4.48. The summed E-state index contributed by atoms with van der Waals surface area (Å²) in [7, 11) is 0. The molecule has 0 aromatic carbocycles. The molecule has 2 heterocycles. The van der Waals surface area contributed by atoms with E-state index in [2.05, 4.69) is 10.5 Å². The second-order valence-corrected chi connectivity index (χ2v) is 3.83. The van der Waals surface area contributed by atoms with Crippen LogP contribution >= 0.6 is 11.3 Å². The summed E-state index contributed by atoms with van der Waals surface area (Å²) in [6.45, 7) is 0. The molecule has 1 aliphatic carbocycles. The second-order valence-electron chi connectivity index (χ2n) is 2.93. The summed E-state index contributed by atoms with van der Waals surface area (Å²) in [5.41, 5.74) is 2.83. The maximum Gasteiger partial charge on any atom is 0.122 e. The van der Waals surface area contributed by atoms with Crippen LogP contribution in [-0.4, -0.2) is 9.61 Å². The molecular weight excluding hydrogens is 156 g/mol. The lowest BCUT2D eigenvalue weighted by Crippen LogP contribution is -1.83. The Labute approximate surface area is 68.5 Å². The van der Waals surface area contributed by atoms with Crippen LogP contribution in [-0.2, 0) is 12.8 Å². The zero-order chi connectivity index (χ0) is 7.26. The molecule has 0 saturated heterocycles. The minimum absolute atomic E-state index is 1.18. The first-order valence-electron chi connectivity index (χ1n) is 3.89.